The first-order valence-corrected chi connectivity index (χ1v) is 7.73. The highest BCUT2D eigenvalue weighted by Crippen LogP contribution is 2.27. The van der Waals surface area contributed by atoms with Gasteiger partial charge in [-0.1, -0.05) is 6.07 Å². The Morgan fingerprint density at radius 1 is 1.30 bits per heavy atom. The van der Waals surface area contributed by atoms with E-state index in [1.54, 1.807) is 6.20 Å². The van der Waals surface area contributed by atoms with E-state index in [9.17, 15) is 4.79 Å². The molecular formula is C15H11BrN2OS. The van der Waals surface area contributed by atoms with Crippen LogP contribution in [0, 0.1) is 6.92 Å². The minimum absolute atomic E-state index is 0.110. The normalized spacial score (nSPS) is 10.7. The summed E-state index contributed by atoms with van der Waals surface area (Å²) in [6, 6.07) is 9.59. The van der Waals surface area contributed by atoms with Gasteiger partial charge in [-0.3, -0.25) is 9.78 Å². The molecule has 0 saturated heterocycles. The third-order valence-electron chi connectivity index (χ3n) is 3.04. The highest BCUT2D eigenvalue weighted by atomic mass is 79.9. The molecule has 3 rings (SSSR count). The van der Waals surface area contributed by atoms with Crippen molar-refractivity contribution in [3.63, 3.8) is 0 Å². The van der Waals surface area contributed by atoms with Gasteiger partial charge in [0.15, 0.2) is 0 Å². The number of aromatic nitrogens is 1. The van der Waals surface area contributed by atoms with Crippen molar-refractivity contribution in [2.45, 2.75) is 6.92 Å². The molecule has 2 aromatic heterocycles. The van der Waals surface area contributed by atoms with Crippen molar-refractivity contribution < 1.29 is 4.79 Å². The van der Waals surface area contributed by atoms with Crippen LogP contribution >= 0.6 is 27.3 Å². The molecule has 3 nitrogen and oxygen atoms in total. The van der Waals surface area contributed by atoms with E-state index in [1.165, 1.54) is 11.3 Å². The zero-order chi connectivity index (χ0) is 14.1. The molecule has 0 aliphatic heterocycles. The number of carbonyl (C=O) groups excluding carboxylic acids is 1. The van der Waals surface area contributed by atoms with Crippen molar-refractivity contribution in [1.29, 1.82) is 0 Å². The van der Waals surface area contributed by atoms with Gasteiger partial charge >= 0.3 is 0 Å². The lowest BCUT2D eigenvalue weighted by Gasteiger charge is -2.09. The fraction of sp³-hybridized carbons (Fsp3) is 0.0667. The van der Waals surface area contributed by atoms with E-state index >= 15 is 0 Å². The second-order valence-corrected chi connectivity index (χ2v) is 6.15. The van der Waals surface area contributed by atoms with E-state index in [-0.39, 0.29) is 5.91 Å². The van der Waals surface area contributed by atoms with Gasteiger partial charge in [0, 0.05) is 16.1 Å². The highest BCUT2D eigenvalue weighted by molar-refractivity contribution is 9.10. The number of rotatable bonds is 2. The van der Waals surface area contributed by atoms with Crippen molar-refractivity contribution in [2.75, 3.05) is 5.32 Å². The van der Waals surface area contributed by atoms with E-state index in [0.717, 1.165) is 26.6 Å². The Kier molecular flexibility index (Phi) is 3.54. The number of halogens is 1. The Bertz CT molecular complexity index is 797. The molecule has 0 aliphatic carbocycles. The summed E-state index contributed by atoms with van der Waals surface area (Å²) < 4.78 is 0.814. The molecule has 0 fully saturated rings. The molecular weight excluding hydrogens is 336 g/mol. The Hall–Kier alpha value is -1.72. The molecule has 1 aromatic carbocycles. The molecule has 0 bridgehead atoms. The topological polar surface area (TPSA) is 42.0 Å². The number of nitrogens with zero attached hydrogens (tertiary/aromatic N) is 1. The average molecular weight is 347 g/mol. The highest BCUT2D eigenvalue weighted by Gasteiger charge is 2.13. The first kappa shape index (κ1) is 13.3. The van der Waals surface area contributed by atoms with E-state index in [4.69, 9.17) is 0 Å². The van der Waals surface area contributed by atoms with Crippen LogP contribution in [-0.2, 0) is 0 Å². The number of benzene rings is 1. The molecule has 3 aromatic rings. The van der Waals surface area contributed by atoms with Gasteiger partial charge in [0.1, 0.15) is 4.88 Å². The van der Waals surface area contributed by atoms with Crippen molar-refractivity contribution >= 4 is 49.8 Å². The van der Waals surface area contributed by atoms with Crippen LogP contribution in [0.4, 0.5) is 5.69 Å². The van der Waals surface area contributed by atoms with Gasteiger partial charge in [0.25, 0.3) is 5.91 Å². The maximum absolute atomic E-state index is 12.3. The van der Waals surface area contributed by atoms with Crippen LogP contribution < -0.4 is 5.32 Å². The number of carbonyl (C=O) groups is 1. The van der Waals surface area contributed by atoms with E-state index < -0.39 is 0 Å². The number of hydrogen-bond acceptors (Lipinski definition) is 3. The zero-order valence-corrected chi connectivity index (χ0v) is 13.1. The van der Waals surface area contributed by atoms with E-state index in [0.29, 0.717) is 4.88 Å². The fourth-order valence-electron chi connectivity index (χ4n) is 2.06. The monoisotopic (exact) mass is 346 g/mol. The third kappa shape index (κ3) is 2.34. The first-order valence-electron chi connectivity index (χ1n) is 6.05. The van der Waals surface area contributed by atoms with Gasteiger partial charge in [-0.05, 0) is 58.1 Å². The zero-order valence-electron chi connectivity index (χ0n) is 10.7. The maximum atomic E-state index is 12.3. The predicted molar refractivity (Wildman–Crippen MR) is 86.5 cm³/mol. The van der Waals surface area contributed by atoms with Crippen LogP contribution in [0.2, 0.25) is 0 Å². The summed E-state index contributed by atoms with van der Waals surface area (Å²) in [5.74, 6) is -0.110. The average Bonchev–Trinajstić information content (AvgIpc) is 2.88. The van der Waals surface area contributed by atoms with Crippen molar-refractivity contribution in [3.8, 4) is 0 Å². The summed E-state index contributed by atoms with van der Waals surface area (Å²) in [5, 5.41) is 5.79. The molecule has 1 N–H and O–H groups in total. The molecule has 0 unspecified atom stereocenters. The van der Waals surface area contributed by atoms with Gasteiger partial charge in [-0.2, -0.15) is 0 Å². The van der Waals surface area contributed by atoms with Crippen LogP contribution in [-0.4, -0.2) is 10.9 Å². The number of amides is 1. The number of fused-ring (bicyclic) bond motifs is 1. The quantitative estimate of drug-likeness (QED) is 0.735. The summed E-state index contributed by atoms with van der Waals surface area (Å²) in [5.41, 5.74) is 2.79. The molecule has 0 aliphatic rings. The van der Waals surface area contributed by atoms with Crippen molar-refractivity contribution in [3.05, 3.63) is 56.8 Å². The number of anilines is 1. The number of nitrogens with one attached hydrogen (secondary N) is 1. The molecule has 0 saturated carbocycles. The molecule has 0 radical (unpaired) electrons. The molecule has 100 valence electrons. The second-order valence-electron chi connectivity index (χ2n) is 4.38. The predicted octanol–water partition coefficient (Wildman–Crippen LogP) is 4.62. The Balaban J connectivity index is 2.02. The van der Waals surface area contributed by atoms with Crippen LogP contribution in [0.25, 0.3) is 10.9 Å². The van der Waals surface area contributed by atoms with Gasteiger partial charge in [0.05, 0.1) is 11.2 Å². The largest absolute Gasteiger partial charge is 0.321 e. The molecule has 0 atom stereocenters. The summed E-state index contributed by atoms with van der Waals surface area (Å²) in [6.45, 7) is 2.01. The van der Waals surface area contributed by atoms with Gasteiger partial charge < -0.3 is 5.32 Å². The third-order valence-corrected chi connectivity index (χ3v) is 4.88. The molecule has 5 heteroatoms. The number of hydrogen-bond donors (Lipinski definition) is 1. The molecule has 2 heterocycles. The van der Waals surface area contributed by atoms with E-state index in [1.807, 2.05) is 42.6 Å². The van der Waals surface area contributed by atoms with Gasteiger partial charge in [-0.15, -0.1) is 11.3 Å². The van der Waals surface area contributed by atoms with Gasteiger partial charge in [0.2, 0.25) is 0 Å². The van der Waals surface area contributed by atoms with Gasteiger partial charge in [-0.25, -0.2) is 0 Å². The lowest BCUT2D eigenvalue weighted by Crippen LogP contribution is -2.11. The summed E-state index contributed by atoms with van der Waals surface area (Å²) in [4.78, 5) is 17.3. The minimum Gasteiger partial charge on any atom is -0.321 e. The molecule has 20 heavy (non-hydrogen) atoms. The standard InChI is InChI=1S/C15H11BrN2OS/c1-9-4-5-12(10-3-2-7-17-13(9)10)18-15(19)14-11(16)6-8-20-14/h2-8H,1H3,(H,18,19). The van der Waals surface area contributed by atoms with Crippen LogP contribution in [0.15, 0.2) is 46.4 Å². The lowest BCUT2D eigenvalue weighted by molar-refractivity contribution is 0.103. The van der Waals surface area contributed by atoms with E-state index in [2.05, 4.69) is 26.2 Å². The maximum Gasteiger partial charge on any atom is 0.266 e. The van der Waals surface area contributed by atoms with Crippen LogP contribution in [0.5, 0.6) is 0 Å². The number of aryl methyl sites for hydroxylation is 1. The number of pyridine rings is 1. The van der Waals surface area contributed by atoms with Crippen molar-refractivity contribution in [2.24, 2.45) is 0 Å². The fourth-order valence-corrected chi connectivity index (χ4v) is 3.50. The smallest absolute Gasteiger partial charge is 0.266 e. The summed E-state index contributed by atoms with van der Waals surface area (Å²) >= 11 is 4.79. The summed E-state index contributed by atoms with van der Waals surface area (Å²) in [6.07, 6.45) is 1.76. The molecule has 0 spiro atoms. The Morgan fingerprint density at radius 2 is 2.15 bits per heavy atom. The first-order chi connectivity index (χ1) is 9.66. The Morgan fingerprint density at radius 3 is 2.90 bits per heavy atom. The SMILES string of the molecule is Cc1ccc(NC(=O)c2sccc2Br)c2cccnc12. The lowest BCUT2D eigenvalue weighted by atomic mass is 10.1. The summed E-state index contributed by atoms with van der Waals surface area (Å²) in [7, 11) is 0. The van der Waals surface area contributed by atoms with Crippen LogP contribution in [0.3, 0.4) is 0 Å². The Labute approximate surface area is 128 Å². The minimum atomic E-state index is -0.110. The van der Waals surface area contributed by atoms with Crippen molar-refractivity contribution in [1.82, 2.24) is 4.98 Å². The number of thiophene rings is 1. The second kappa shape index (κ2) is 5.34. The van der Waals surface area contributed by atoms with Crippen LogP contribution in [0.1, 0.15) is 15.2 Å². The molecule has 1 amide bonds.